The monoisotopic (exact) mass is 200 g/mol. The molecule has 0 aliphatic carbocycles. The fraction of sp³-hybridized carbons (Fsp3) is 0.750. The highest BCUT2D eigenvalue weighted by Gasteiger charge is 2.29. The van der Waals surface area contributed by atoms with Crippen LogP contribution in [0, 0.1) is 0 Å². The summed E-state index contributed by atoms with van der Waals surface area (Å²) >= 11 is 0. The minimum absolute atomic E-state index is 0.0542. The number of amides is 2. The van der Waals surface area contributed by atoms with Crippen molar-refractivity contribution in [1.29, 1.82) is 0 Å². The molecule has 1 saturated heterocycles. The quantitative estimate of drug-likeness (QED) is 0.208. The van der Waals surface area contributed by atoms with Crippen LogP contribution in [0.5, 0.6) is 0 Å². The van der Waals surface area contributed by atoms with Crippen LogP contribution in [0.4, 0.5) is 0 Å². The van der Waals surface area contributed by atoms with Crippen molar-refractivity contribution in [2.75, 3.05) is 26.7 Å². The van der Waals surface area contributed by atoms with E-state index in [1.807, 2.05) is 19.4 Å². The number of likely N-dealkylation sites (N-methyl/N-ethyl adjacent to an activating group) is 1. The predicted molar refractivity (Wildman–Crippen MR) is 51.0 cm³/mol. The third kappa shape index (κ3) is 2.21. The lowest BCUT2D eigenvalue weighted by atomic mass is 10.2. The minimum Gasteiger partial charge on any atom is -0.329 e. The number of nitrogens with zero attached hydrogens (tertiary/aromatic N) is 2. The lowest BCUT2D eigenvalue weighted by Crippen LogP contribution is -2.56. The highest BCUT2D eigenvalue weighted by atomic mass is 16.2. The molecule has 0 aromatic heterocycles. The first kappa shape index (κ1) is 10.9. The zero-order chi connectivity index (χ0) is 10.7. The van der Waals surface area contributed by atoms with Gasteiger partial charge >= 0.3 is 11.8 Å². The first-order valence-corrected chi connectivity index (χ1v) is 4.56. The Morgan fingerprint density at radius 1 is 1.43 bits per heavy atom. The highest BCUT2D eigenvalue weighted by molar-refractivity contribution is 6.34. The molecule has 0 saturated carbocycles. The molecule has 0 aromatic carbocycles. The highest BCUT2D eigenvalue weighted by Crippen LogP contribution is 2.07. The maximum Gasteiger partial charge on any atom is 0.323 e. The average molecular weight is 200 g/mol. The second kappa shape index (κ2) is 4.39. The summed E-state index contributed by atoms with van der Waals surface area (Å²) in [6.45, 7) is 4.05. The number of nitrogens with two attached hydrogens (primary N) is 1. The van der Waals surface area contributed by atoms with Crippen molar-refractivity contribution in [3.63, 3.8) is 0 Å². The van der Waals surface area contributed by atoms with E-state index in [0.717, 1.165) is 13.1 Å². The fourth-order valence-electron chi connectivity index (χ4n) is 1.63. The Balaban J connectivity index is 2.60. The third-order valence-corrected chi connectivity index (χ3v) is 2.42. The van der Waals surface area contributed by atoms with Crippen molar-refractivity contribution in [3.05, 3.63) is 0 Å². The number of piperazine rings is 1. The SMILES string of the molecule is CC1CN(C)CCN1C(=O)C(=O)NN. The second-order valence-electron chi connectivity index (χ2n) is 3.58. The van der Waals surface area contributed by atoms with Crippen LogP contribution in [-0.2, 0) is 9.59 Å². The number of hydrazine groups is 1. The largest absolute Gasteiger partial charge is 0.329 e. The van der Waals surface area contributed by atoms with E-state index in [9.17, 15) is 9.59 Å². The summed E-state index contributed by atoms with van der Waals surface area (Å²) in [6, 6.07) is 0.0542. The van der Waals surface area contributed by atoms with Gasteiger partial charge in [-0.2, -0.15) is 0 Å². The molecule has 1 fully saturated rings. The van der Waals surface area contributed by atoms with Gasteiger partial charge in [0.15, 0.2) is 0 Å². The van der Waals surface area contributed by atoms with E-state index in [-0.39, 0.29) is 6.04 Å². The number of hydrogen-bond acceptors (Lipinski definition) is 4. The van der Waals surface area contributed by atoms with E-state index in [2.05, 4.69) is 4.90 Å². The van der Waals surface area contributed by atoms with Crippen LogP contribution in [0.25, 0.3) is 0 Å². The van der Waals surface area contributed by atoms with Crippen LogP contribution >= 0.6 is 0 Å². The number of rotatable bonds is 0. The van der Waals surface area contributed by atoms with Crippen LogP contribution in [0.3, 0.4) is 0 Å². The molecule has 1 aliphatic rings. The molecule has 14 heavy (non-hydrogen) atoms. The molecule has 0 aromatic rings. The van der Waals surface area contributed by atoms with E-state index in [4.69, 9.17) is 5.84 Å². The maximum atomic E-state index is 11.5. The summed E-state index contributed by atoms with van der Waals surface area (Å²) in [4.78, 5) is 26.1. The summed E-state index contributed by atoms with van der Waals surface area (Å²) in [5, 5.41) is 0. The Morgan fingerprint density at radius 2 is 2.07 bits per heavy atom. The van der Waals surface area contributed by atoms with Gasteiger partial charge < -0.3 is 9.80 Å². The van der Waals surface area contributed by atoms with Crippen molar-refractivity contribution < 1.29 is 9.59 Å². The van der Waals surface area contributed by atoms with E-state index in [1.165, 1.54) is 0 Å². The van der Waals surface area contributed by atoms with Gasteiger partial charge in [-0.3, -0.25) is 15.0 Å². The molecule has 1 unspecified atom stereocenters. The topological polar surface area (TPSA) is 78.7 Å². The Kier molecular flexibility index (Phi) is 3.43. The van der Waals surface area contributed by atoms with Crippen LogP contribution in [0.1, 0.15) is 6.92 Å². The summed E-state index contributed by atoms with van der Waals surface area (Å²) in [6.07, 6.45) is 0. The normalized spacial score (nSPS) is 23.4. The molecule has 2 amide bonds. The zero-order valence-electron chi connectivity index (χ0n) is 8.49. The molecule has 3 N–H and O–H groups in total. The van der Waals surface area contributed by atoms with Crippen molar-refractivity contribution in [1.82, 2.24) is 15.2 Å². The standard InChI is InChI=1S/C8H16N4O2/c1-6-5-11(2)3-4-12(6)8(14)7(13)10-9/h6H,3-5,9H2,1-2H3,(H,10,13). The maximum absolute atomic E-state index is 11.5. The summed E-state index contributed by atoms with van der Waals surface area (Å²) in [7, 11) is 1.99. The zero-order valence-corrected chi connectivity index (χ0v) is 8.49. The number of hydrogen-bond donors (Lipinski definition) is 2. The van der Waals surface area contributed by atoms with Gasteiger partial charge in [0.05, 0.1) is 0 Å². The van der Waals surface area contributed by atoms with Gasteiger partial charge in [-0.25, -0.2) is 5.84 Å². The number of carbonyl (C=O) groups is 2. The third-order valence-electron chi connectivity index (χ3n) is 2.42. The molecule has 6 nitrogen and oxygen atoms in total. The first-order chi connectivity index (χ1) is 6.56. The van der Waals surface area contributed by atoms with Crippen molar-refractivity contribution >= 4 is 11.8 Å². The van der Waals surface area contributed by atoms with Gasteiger partial charge in [0.25, 0.3) is 0 Å². The minimum atomic E-state index is -0.749. The van der Waals surface area contributed by atoms with Crippen molar-refractivity contribution in [2.24, 2.45) is 5.84 Å². The van der Waals surface area contributed by atoms with Crippen molar-refractivity contribution in [2.45, 2.75) is 13.0 Å². The molecule has 0 spiro atoms. The lowest BCUT2D eigenvalue weighted by Gasteiger charge is -2.37. The Hall–Kier alpha value is -1.14. The molecule has 1 heterocycles. The van der Waals surface area contributed by atoms with E-state index >= 15 is 0 Å². The average Bonchev–Trinajstić information content (AvgIpc) is 2.15. The smallest absolute Gasteiger partial charge is 0.323 e. The fourth-order valence-corrected chi connectivity index (χ4v) is 1.63. The second-order valence-corrected chi connectivity index (χ2v) is 3.58. The van der Waals surface area contributed by atoms with Crippen LogP contribution in [-0.4, -0.2) is 54.3 Å². The molecule has 80 valence electrons. The molecular formula is C8H16N4O2. The lowest BCUT2D eigenvalue weighted by molar-refractivity contribution is -0.148. The molecule has 6 heteroatoms. The van der Waals surface area contributed by atoms with Crippen LogP contribution in [0.2, 0.25) is 0 Å². The number of carbonyl (C=O) groups excluding carboxylic acids is 2. The summed E-state index contributed by atoms with van der Waals surface area (Å²) in [5.74, 6) is 3.60. The Bertz CT molecular complexity index is 243. The Labute approximate surface area is 83.0 Å². The molecule has 0 bridgehead atoms. The van der Waals surface area contributed by atoms with Gasteiger partial charge in [-0.15, -0.1) is 0 Å². The van der Waals surface area contributed by atoms with Crippen LogP contribution in [0.15, 0.2) is 0 Å². The predicted octanol–water partition coefficient (Wildman–Crippen LogP) is -1.86. The van der Waals surface area contributed by atoms with E-state index in [1.54, 1.807) is 4.90 Å². The summed E-state index contributed by atoms with van der Waals surface area (Å²) < 4.78 is 0. The molecule has 1 rings (SSSR count). The molecular weight excluding hydrogens is 184 g/mol. The van der Waals surface area contributed by atoms with E-state index < -0.39 is 11.8 Å². The van der Waals surface area contributed by atoms with Gasteiger partial charge in [0.1, 0.15) is 0 Å². The van der Waals surface area contributed by atoms with Gasteiger partial charge in [0.2, 0.25) is 0 Å². The van der Waals surface area contributed by atoms with E-state index in [0.29, 0.717) is 6.54 Å². The number of nitrogens with one attached hydrogen (secondary N) is 1. The Morgan fingerprint density at radius 3 is 2.57 bits per heavy atom. The molecule has 1 aliphatic heterocycles. The summed E-state index contributed by atoms with van der Waals surface area (Å²) in [5.41, 5.74) is 1.85. The molecule has 0 radical (unpaired) electrons. The van der Waals surface area contributed by atoms with Crippen molar-refractivity contribution in [3.8, 4) is 0 Å². The first-order valence-electron chi connectivity index (χ1n) is 4.56. The van der Waals surface area contributed by atoms with Gasteiger partial charge in [-0.1, -0.05) is 0 Å². The van der Waals surface area contributed by atoms with Gasteiger partial charge in [-0.05, 0) is 14.0 Å². The van der Waals surface area contributed by atoms with Crippen LogP contribution < -0.4 is 11.3 Å². The molecule has 1 atom stereocenters. The van der Waals surface area contributed by atoms with Gasteiger partial charge in [0, 0.05) is 25.7 Å².